The van der Waals surface area contributed by atoms with E-state index in [4.69, 9.17) is 27.9 Å². The van der Waals surface area contributed by atoms with Crippen LogP contribution in [0.1, 0.15) is 0 Å². The topological polar surface area (TPSA) is 29.5 Å². The van der Waals surface area contributed by atoms with E-state index in [1.165, 1.54) is 7.11 Å². The second-order valence-corrected chi connectivity index (χ2v) is 4.27. The molecule has 0 radical (unpaired) electrons. The van der Waals surface area contributed by atoms with Crippen LogP contribution in [0.2, 0.25) is 10.0 Å². The zero-order valence-electron chi connectivity index (χ0n) is 9.08. The van der Waals surface area contributed by atoms with E-state index < -0.39 is 0 Å². The number of methoxy groups -OCH3 is 1. The monoisotopic (exact) mass is 268 g/mol. The quantitative estimate of drug-likeness (QED) is 0.876. The molecule has 0 saturated carbocycles. The molecule has 4 heteroatoms. The highest BCUT2D eigenvalue weighted by Crippen LogP contribution is 2.37. The third-order valence-corrected chi connectivity index (χ3v) is 3.26. The van der Waals surface area contributed by atoms with Crippen molar-refractivity contribution in [2.45, 2.75) is 0 Å². The van der Waals surface area contributed by atoms with Crippen molar-refractivity contribution in [2.75, 3.05) is 7.11 Å². The molecule has 88 valence electrons. The zero-order valence-corrected chi connectivity index (χ0v) is 10.6. The van der Waals surface area contributed by atoms with Crippen LogP contribution in [0.3, 0.4) is 0 Å². The lowest BCUT2D eigenvalue weighted by Crippen LogP contribution is -1.85. The van der Waals surface area contributed by atoms with Crippen molar-refractivity contribution in [3.63, 3.8) is 0 Å². The van der Waals surface area contributed by atoms with Crippen molar-refractivity contribution in [3.8, 4) is 22.6 Å². The van der Waals surface area contributed by atoms with E-state index in [0.29, 0.717) is 15.8 Å². The van der Waals surface area contributed by atoms with Gasteiger partial charge >= 0.3 is 0 Å². The Bertz CT molecular complexity index is 553. The van der Waals surface area contributed by atoms with Crippen LogP contribution in [0, 0.1) is 0 Å². The average molecular weight is 269 g/mol. The number of hydrogen-bond acceptors (Lipinski definition) is 2. The Labute approximate surface area is 109 Å². The molecule has 1 N–H and O–H groups in total. The first-order valence-corrected chi connectivity index (χ1v) is 5.70. The summed E-state index contributed by atoms with van der Waals surface area (Å²) in [4.78, 5) is 0. The number of halogens is 2. The predicted molar refractivity (Wildman–Crippen MR) is 70.1 cm³/mol. The molecule has 0 aromatic heterocycles. The summed E-state index contributed by atoms with van der Waals surface area (Å²) in [6.45, 7) is 0. The molecule has 2 aromatic carbocycles. The van der Waals surface area contributed by atoms with Gasteiger partial charge in [0.05, 0.1) is 17.2 Å². The van der Waals surface area contributed by atoms with Crippen LogP contribution < -0.4 is 4.74 Å². The van der Waals surface area contributed by atoms with Gasteiger partial charge in [0.2, 0.25) is 0 Å². The van der Waals surface area contributed by atoms with Gasteiger partial charge in [-0.05, 0) is 23.8 Å². The van der Waals surface area contributed by atoms with E-state index >= 15 is 0 Å². The number of phenolic OH excluding ortho intramolecular Hbond substituents is 1. The average Bonchev–Trinajstić information content (AvgIpc) is 2.32. The zero-order chi connectivity index (χ0) is 12.4. The number of rotatable bonds is 2. The van der Waals surface area contributed by atoms with Crippen LogP contribution in [0.4, 0.5) is 0 Å². The SMILES string of the molecule is COc1ccc(-c2cccc(Cl)c2Cl)cc1O. The summed E-state index contributed by atoms with van der Waals surface area (Å²) in [6.07, 6.45) is 0. The fraction of sp³-hybridized carbons (Fsp3) is 0.0769. The Morgan fingerprint density at radius 1 is 1.12 bits per heavy atom. The van der Waals surface area contributed by atoms with E-state index in [-0.39, 0.29) is 5.75 Å². The molecule has 0 bridgehead atoms. The van der Waals surface area contributed by atoms with Crippen LogP contribution in [0.15, 0.2) is 36.4 Å². The largest absolute Gasteiger partial charge is 0.504 e. The number of benzene rings is 2. The number of ether oxygens (including phenoxy) is 1. The van der Waals surface area contributed by atoms with E-state index in [9.17, 15) is 5.11 Å². The Hall–Kier alpha value is -1.38. The van der Waals surface area contributed by atoms with Gasteiger partial charge in [0.15, 0.2) is 11.5 Å². The van der Waals surface area contributed by atoms with Gasteiger partial charge in [-0.3, -0.25) is 0 Å². The van der Waals surface area contributed by atoms with Crippen LogP contribution >= 0.6 is 23.2 Å². The van der Waals surface area contributed by atoms with Gasteiger partial charge in [-0.1, -0.05) is 41.4 Å². The number of phenols is 1. The summed E-state index contributed by atoms with van der Waals surface area (Å²) in [5.74, 6) is 0.493. The molecule has 0 aliphatic rings. The minimum atomic E-state index is 0.0704. The molecule has 0 atom stereocenters. The second kappa shape index (κ2) is 4.86. The van der Waals surface area contributed by atoms with Gasteiger partial charge in [-0.25, -0.2) is 0 Å². The first-order chi connectivity index (χ1) is 8.13. The number of aromatic hydroxyl groups is 1. The van der Waals surface area contributed by atoms with Crippen molar-refractivity contribution in [1.29, 1.82) is 0 Å². The lowest BCUT2D eigenvalue weighted by molar-refractivity contribution is 0.373. The molecule has 2 rings (SSSR count). The summed E-state index contributed by atoms with van der Waals surface area (Å²) in [5.41, 5.74) is 1.56. The molecule has 0 unspecified atom stereocenters. The smallest absolute Gasteiger partial charge is 0.160 e. The third kappa shape index (κ3) is 2.33. The van der Waals surface area contributed by atoms with E-state index in [2.05, 4.69) is 0 Å². The van der Waals surface area contributed by atoms with E-state index in [1.54, 1.807) is 18.2 Å². The summed E-state index contributed by atoms with van der Waals surface area (Å²) in [7, 11) is 1.50. The lowest BCUT2D eigenvalue weighted by Gasteiger charge is -2.08. The van der Waals surface area contributed by atoms with E-state index in [1.807, 2.05) is 18.2 Å². The maximum atomic E-state index is 9.71. The fourth-order valence-electron chi connectivity index (χ4n) is 1.58. The minimum Gasteiger partial charge on any atom is -0.504 e. The molecule has 17 heavy (non-hydrogen) atoms. The molecule has 0 saturated heterocycles. The first-order valence-electron chi connectivity index (χ1n) is 4.95. The molecular weight excluding hydrogens is 259 g/mol. The Morgan fingerprint density at radius 2 is 1.88 bits per heavy atom. The van der Waals surface area contributed by atoms with Crippen LogP contribution in [-0.2, 0) is 0 Å². The van der Waals surface area contributed by atoms with Crippen molar-refractivity contribution < 1.29 is 9.84 Å². The minimum absolute atomic E-state index is 0.0704. The Kier molecular flexibility index (Phi) is 3.46. The summed E-state index contributed by atoms with van der Waals surface area (Å²) < 4.78 is 4.98. The molecule has 0 spiro atoms. The molecule has 0 fully saturated rings. The molecule has 0 aliphatic heterocycles. The van der Waals surface area contributed by atoms with Crippen LogP contribution in [0.5, 0.6) is 11.5 Å². The fourth-order valence-corrected chi connectivity index (χ4v) is 1.99. The van der Waals surface area contributed by atoms with Crippen LogP contribution in [-0.4, -0.2) is 12.2 Å². The highest BCUT2D eigenvalue weighted by Gasteiger charge is 2.09. The van der Waals surface area contributed by atoms with Crippen LogP contribution in [0.25, 0.3) is 11.1 Å². The summed E-state index contributed by atoms with van der Waals surface area (Å²) in [5, 5.41) is 10.7. The predicted octanol–water partition coefficient (Wildman–Crippen LogP) is 4.37. The van der Waals surface area contributed by atoms with Gasteiger partial charge in [0.1, 0.15) is 0 Å². The Balaban J connectivity index is 2.54. The molecular formula is C13H10Cl2O2. The highest BCUT2D eigenvalue weighted by atomic mass is 35.5. The van der Waals surface area contributed by atoms with Gasteiger partial charge in [-0.2, -0.15) is 0 Å². The number of hydrogen-bond donors (Lipinski definition) is 1. The van der Waals surface area contributed by atoms with Gasteiger partial charge in [-0.15, -0.1) is 0 Å². The molecule has 0 amide bonds. The van der Waals surface area contributed by atoms with Crippen molar-refractivity contribution >= 4 is 23.2 Å². The highest BCUT2D eigenvalue weighted by molar-refractivity contribution is 6.43. The van der Waals surface area contributed by atoms with Gasteiger partial charge < -0.3 is 9.84 Å². The molecule has 2 nitrogen and oxygen atoms in total. The lowest BCUT2D eigenvalue weighted by atomic mass is 10.1. The summed E-state index contributed by atoms with van der Waals surface area (Å²) >= 11 is 12.1. The van der Waals surface area contributed by atoms with Gasteiger partial charge in [0, 0.05) is 5.56 Å². The maximum Gasteiger partial charge on any atom is 0.160 e. The van der Waals surface area contributed by atoms with Crippen molar-refractivity contribution in [3.05, 3.63) is 46.4 Å². The molecule has 0 heterocycles. The third-order valence-electron chi connectivity index (χ3n) is 2.44. The van der Waals surface area contributed by atoms with Crippen molar-refractivity contribution in [2.24, 2.45) is 0 Å². The first kappa shape index (κ1) is 12.1. The Morgan fingerprint density at radius 3 is 2.53 bits per heavy atom. The normalized spacial score (nSPS) is 10.3. The standard InChI is InChI=1S/C13H10Cl2O2/c1-17-12-6-5-8(7-11(12)16)9-3-2-4-10(14)13(9)15/h2-7,16H,1H3. The summed E-state index contributed by atoms with van der Waals surface area (Å²) in [6, 6.07) is 10.5. The van der Waals surface area contributed by atoms with Gasteiger partial charge in [0.25, 0.3) is 0 Å². The molecule has 2 aromatic rings. The maximum absolute atomic E-state index is 9.71. The van der Waals surface area contributed by atoms with Crippen molar-refractivity contribution in [1.82, 2.24) is 0 Å². The second-order valence-electron chi connectivity index (χ2n) is 3.49. The molecule has 0 aliphatic carbocycles. The van der Waals surface area contributed by atoms with E-state index in [0.717, 1.165) is 11.1 Å².